The number of carboxylic acids is 2. The number of aryl methyl sites for hydroxylation is 1. The van der Waals surface area contributed by atoms with E-state index in [1.165, 1.54) is 29.3 Å². The molecule has 1 aliphatic rings. The van der Waals surface area contributed by atoms with Crippen LogP contribution in [-0.2, 0) is 29.4 Å². The predicted octanol–water partition coefficient (Wildman–Crippen LogP) is 7.45. The third kappa shape index (κ3) is 10.9. The summed E-state index contributed by atoms with van der Waals surface area (Å²) in [6, 6.07) is 23.5. The van der Waals surface area contributed by atoms with Gasteiger partial charge < -0.3 is 29.3 Å². The number of anilines is 1. The summed E-state index contributed by atoms with van der Waals surface area (Å²) in [5, 5.41) is 16.5. The Morgan fingerprint density at radius 2 is 1.49 bits per heavy atom. The second-order valence-electron chi connectivity index (χ2n) is 13.7. The van der Waals surface area contributed by atoms with Gasteiger partial charge in [-0.3, -0.25) is 14.5 Å². The minimum atomic E-state index is -4.48. The third-order valence-electron chi connectivity index (χ3n) is 9.41. The lowest BCUT2D eigenvalue weighted by Crippen LogP contribution is -2.48. The van der Waals surface area contributed by atoms with Crippen LogP contribution in [0.25, 0.3) is 10.9 Å². The fraction of sp³-hybridized carbons (Fsp3) is 0.262. The lowest BCUT2D eigenvalue weighted by Gasteiger charge is -2.34. The molecule has 0 spiro atoms. The number of hydrogen-bond acceptors (Lipinski definition) is 7. The molecule has 15 heteroatoms. The van der Waals surface area contributed by atoms with Gasteiger partial charge in [0, 0.05) is 81.5 Å². The first kappa shape index (κ1) is 41.7. The molecule has 0 unspecified atom stereocenters. The highest BCUT2D eigenvalue weighted by molar-refractivity contribution is 6.05. The Balaban J connectivity index is 0.000000701. The maximum Gasteiger partial charge on any atom is 0.416 e. The van der Waals surface area contributed by atoms with Gasteiger partial charge in [0.25, 0.3) is 11.8 Å². The number of amides is 2. The third-order valence-corrected chi connectivity index (χ3v) is 9.41. The summed E-state index contributed by atoms with van der Waals surface area (Å²) in [6.45, 7) is 8.19. The Labute approximate surface area is 327 Å². The molecule has 0 saturated carbocycles. The maximum absolute atomic E-state index is 13.6. The molecule has 1 saturated heterocycles. The second-order valence-corrected chi connectivity index (χ2v) is 13.7. The van der Waals surface area contributed by atoms with Gasteiger partial charge in [0.2, 0.25) is 5.88 Å². The van der Waals surface area contributed by atoms with Crippen molar-refractivity contribution in [2.45, 2.75) is 32.5 Å². The summed E-state index contributed by atoms with van der Waals surface area (Å²) < 4.78 is 46.6. The Hall–Kier alpha value is -6.48. The molecule has 0 aliphatic carbocycles. The number of aliphatic carboxylic acids is 2. The van der Waals surface area contributed by atoms with Crippen molar-refractivity contribution in [2.75, 3.05) is 38.1 Å². The van der Waals surface area contributed by atoms with Crippen molar-refractivity contribution in [3.05, 3.63) is 131 Å². The number of benzene rings is 3. The molecule has 0 radical (unpaired) electrons. The highest BCUT2D eigenvalue weighted by Crippen LogP contribution is 2.31. The van der Waals surface area contributed by atoms with Gasteiger partial charge in [-0.1, -0.05) is 38.1 Å². The highest BCUT2D eigenvalue weighted by Gasteiger charge is 2.30. The first-order chi connectivity index (χ1) is 27.0. The minimum absolute atomic E-state index is 0.00526. The number of carbonyl (C=O) groups is 4. The normalized spacial score (nSPS) is 13.4. The van der Waals surface area contributed by atoms with Gasteiger partial charge in [-0.25, -0.2) is 14.6 Å². The Bertz CT molecular complexity index is 2230. The van der Waals surface area contributed by atoms with E-state index in [1.807, 2.05) is 34.7 Å². The zero-order chi connectivity index (χ0) is 41.4. The van der Waals surface area contributed by atoms with Crippen molar-refractivity contribution in [3.8, 4) is 11.6 Å². The Kier molecular flexibility index (Phi) is 13.1. The molecule has 0 bridgehead atoms. The van der Waals surface area contributed by atoms with Crippen molar-refractivity contribution >= 4 is 40.3 Å². The molecule has 2 N–H and O–H groups in total. The molecule has 2 amide bonds. The Morgan fingerprint density at radius 1 is 0.860 bits per heavy atom. The van der Waals surface area contributed by atoms with Gasteiger partial charge in [-0.15, -0.1) is 0 Å². The Morgan fingerprint density at radius 3 is 2.04 bits per heavy atom. The average molecular weight is 786 g/mol. The molecule has 1 fully saturated rings. The van der Waals surface area contributed by atoms with Crippen LogP contribution in [0.2, 0.25) is 0 Å². The lowest BCUT2D eigenvalue weighted by molar-refractivity contribution is -0.137. The van der Waals surface area contributed by atoms with E-state index < -0.39 is 29.6 Å². The topological polar surface area (TPSA) is 146 Å². The van der Waals surface area contributed by atoms with E-state index in [4.69, 9.17) is 14.9 Å². The predicted molar refractivity (Wildman–Crippen MR) is 208 cm³/mol. The summed E-state index contributed by atoms with van der Waals surface area (Å²) in [6.07, 6.45) is -1.91. The molecule has 3 heterocycles. The van der Waals surface area contributed by atoms with Gasteiger partial charge in [0.05, 0.1) is 17.4 Å². The van der Waals surface area contributed by atoms with Crippen LogP contribution in [0.4, 0.5) is 18.9 Å². The van der Waals surface area contributed by atoms with Gasteiger partial charge in [0.1, 0.15) is 11.4 Å². The molecule has 12 nitrogen and oxygen atoms in total. The van der Waals surface area contributed by atoms with Gasteiger partial charge in [-0.05, 0) is 71.6 Å². The zero-order valence-corrected chi connectivity index (χ0v) is 31.7. The number of fused-ring (bicyclic) bond motifs is 1. The quantitative estimate of drug-likeness (QED) is 0.138. The van der Waals surface area contributed by atoms with Gasteiger partial charge in [-0.2, -0.15) is 13.2 Å². The van der Waals surface area contributed by atoms with Crippen molar-refractivity contribution in [1.82, 2.24) is 19.4 Å². The van der Waals surface area contributed by atoms with Crippen molar-refractivity contribution in [3.63, 3.8) is 0 Å². The SMILES string of the molecule is CC(C)c1ccc(CN2CCN(C(=O)c3cc4cc(Oc5ccc(N(C)C(=O)c6ccc(C(F)(F)F)cc6)cn5)ccc4n3C)CC2)cc1.O=C(O)C=CC(=O)O. The largest absolute Gasteiger partial charge is 0.478 e. The molecular weight excluding hydrogens is 743 g/mol. The molecule has 1 aliphatic heterocycles. The maximum atomic E-state index is 13.6. The number of alkyl halides is 3. The minimum Gasteiger partial charge on any atom is -0.478 e. The van der Waals surface area contributed by atoms with E-state index in [0.29, 0.717) is 54.2 Å². The van der Waals surface area contributed by atoms with Crippen LogP contribution < -0.4 is 9.64 Å². The summed E-state index contributed by atoms with van der Waals surface area (Å²) in [7, 11) is 3.41. The number of hydrogen-bond donors (Lipinski definition) is 2. The van der Waals surface area contributed by atoms with Gasteiger partial charge >= 0.3 is 18.1 Å². The summed E-state index contributed by atoms with van der Waals surface area (Å²) in [4.78, 5) is 55.5. The summed E-state index contributed by atoms with van der Waals surface area (Å²) in [5.74, 6) is -1.67. The van der Waals surface area contributed by atoms with Crippen LogP contribution in [0.5, 0.6) is 11.6 Å². The molecule has 3 aromatic carbocycles. The van der Waals surface area contributed by atoms with E-state index in [1.54, 1.807) is 18.2 Å². The molecular formula is C42H42F3N5O7. The standard InChI is InChI=1S/C38H38F3N5O3.C4H4O4/c1-25(2)27-7-5-26(6-8-27)24-45-17-19-46(20-18-45)37(48)34-22-29-21-32(14-15-33(29)44(34)4)49-35-16-13-31(23-42-35)43(3)36(47)28-9-11-30(12-10-28)38(39,40)41;5-3(6)1-2-4(7)8/h5-16,21-23,25H,17-20,24H2,1-4H3;1-2H,(H,5,6)(H,7,8). The number of ether oxygens (including phenoxy) is 1. The number of pyridine rings is 1. The number of carboxylic acid groups (broad SMARTS) is 2. The molecule has 2 aromatic heterocycles. The zero-order valence-electron chi connectivity index (χ0n) is 31.7. The van der Waals surface area contributed by atoms with E-state index in [-0.39, 0.29) is 11.5 Å². The van der Waals surface area contributed by atoms with E-state index >= 15 is 0 Å². The molecule has 298 valence electrons. The van der Waals surface area contributed by atoms with Crippen LogP contribution in [0, 0.1) is 0 Å². The number of nitrogens with zero attached hydrogens (tertiary/aromatic N) is 5. The van der Waals surface area contributed by atoms with Crippen LogP contribution in [0.15, 0.2) is 103 Å². The van der Waals surface area contributed by atoms with Crippen molar-refractivity contribution < 1.29 is 47.3 Å². The van der Waals surface area contributed by atoms with Crippen LogP contribution >= 0.6 is 0 Å². The van der Waals surface area contributed by atoms with E-state index in [2.05, 4.69) is 48.0 Å². The van der Waals surface area contributed by atoms with E-state index in [0.717, 1.165) is 54.8 Å². The number of piperazine rings is 1. The lowest BCUT2D eigenvalue weighted by atomic mass is 10.0. The second kappa shape index (κ2) is 18.0. The van der Waals surface area contributed by atoms with Crippen molar-refractivity contribution in [1.29, 1.82) is 0 Å². The van der Waals surface area contributed by atoms with Gasteiger partial charge in [0.15, 0.2) is 0 Å². The monoisotopic (exact) mass is 785 g/mol. The fourth-order valence-electron chi connectivity index (χ4n) is 6.14. The molecule has 57 heavy (non-hydrogen) atoms. The number of rotatable bonds is 10. The number of halogens is 3. The number of aromatic nitrogens is 2. The van der Waals surface area contributed by atoms with Crippen LogP contribution in [0.1, 0.15) is 57.3 Å². The first-order valence-corrected chi connectivity index (χ1v) is 17.9. The first-order valence-electron chi connectivity index (χ1n) is 17.9. The van der Waals surface area contributed by atoms with Crippen LogP contribution in [0.3, 0.4) is 0 Å². The fourth-order valence-corrected chi connectivity index (χ4v) is 6.14. The summed E-state index contributed by atoms with van der Waals surface area (Å²) in [5.41, 5.74) is 3.86. The average Bonchev–Trinajstić information content (AvgIpc) is 3.52. The molecule has 5 aromatic rings. The van der Waals surface area contributed by atoms with Crippen molar-refractivity contribution in [2.24, 2.45) is 7.05 Å². The number of carbonyl (C=O) groups excluding carboxylic acids is 2. The molecule has 6 rings (SSSR count). The smallest absolute Gasteiger partial charge is 0.416 e. The summed E-state index contributed by atoms with van der Waals surface area (Å²) >= 11 is 0. The van der Waals surface area contributed by atoms with E-state index in [9.17, 15) is 32.3 Å². The van der Waals surface area contributed by atoms with Crippen LogP contribution in [-0.4, -0.2) is 86.5 Å². The molecule has 0 atom stereocenters. The highest BCUT2D eigenvalue weighted by atomic mass is 19.4.